The van der Waals surface area contributed by atoms with Crippen LogP contribution in [0.1, 0.15) is 0 Å². The number of piperazine rings is 1. The Labute approximate surface area is 170 Å². The third-order valence-electron chi connectivity index (χ3n) is 5.03. The molecule has 2 aliphatic rings. The van der Waals surface area contributed by atoms with Gasteiger partial charge in [0.2, 0.25) is 5.91 Å². The molecule has 1 N–H and O–H groups in total. The molecule has 0 unspecified atom stereocenters. The summed E-state index contributed by atoms with van der Waals surface area (Å²) >= 11 is 6.28. The second-order valence-corrected chi connectivity index (χ2v) is 7.42. The predicted octanol–water partition coefficient (Wildman–Crippen LogP) is 2.42. The number of amides is 1. The molecule has 0 bridgehead atoms. The summed E-state index contributed by atoms with van der Waals surface area (Å²) in [6.45, 7) is 4.63. The monoisotopic (exact) mass is 401 g/mol. The maximum atomic E-state index is 12.3. The lowest BCUT2D eigenvalue weighted by atomic mass is 10.2. The number of anilines is 1. The summed E-state index contributed by atoms with van der Waals surface area (Å²) in [5.74, 6) is 1.49. The predicted molar refractivity (Wildman–Crippen MR) is 109 cm³/mol. The lowest BCUT2D eigenvalue weighted by Crippen LogP contribution is -2.50. The lowest BCUT2D eigenvalue weighted by molar-refractivity contribution is -0.122. The van der Waals surface area contributed by atoms with E-state index in [2.05, 4.69) is 15.1 Å². The Hall–Kier alpha value is -2.44. The molecule has 4 rings (SSSR count). The van der Waals surface area contributed by atoms with Crippen molar-refractivity contribution in [3.05, 3.63) is 53.6 Å². The van der Waals surface area contributed by atoms with E-state index in [0.717, 1.165) is 48.4 Å². The van der Waals surface area contributed by atoms with Crippen LogP contribution in [0.5, 0.6) is 11.5 Å². The molecule has 0 radical (unpaired) electrons. The van der Waals surface area contributed by atoms with Gasteiger partial charge < -0.3 is 19.7 Å². The fourth-order valence-electron chi connectivity index (χ4n) is 3.51. The highest BCUT2D eigenvalue weighted by molar-refractivity contribution is 6.33. The van der Waals surface area contributed by atoms with Crippen LogP contribution < -0.4 is 19.7 Å². The Kier molecular flexibility index (Phi) is 5.88. The van der Waals surface area contributed by atoms with Crippen molar-refractivity contribution in [1.29, 1.82) is 0 Å². The first-order valence-corrected chi connectivity index (χ1v) is 9.94. The molecule has 1 atom stereocenters. The van der Waals surface area contributed by atoms with Gasteiger partial charge in [0.05, 0.1) is 23.8 Å². The number of hydrogen-bond acceptors (Lipinski definition) is 5. The number of nitrogens with zero attached hydrogens (tertiary/aromatic N) is 2. The topological polar surface area (TPSA) is 54.0 Å². The molecule has 2 aliphatic heterocycles. The molecular formula is C21H24ClN3O3. The quantitative estimate of drug-likeness (QED) is 0.833. The number of halogens is 1. The molecule has 2 aromatic rings. The van der Waals surface area contributed by atoms with Crippen LogP contribution in [0.15, 0.2) is 48.5 Å². The first kappa shape index (κ1) is 18.9. The normalized spacial score (nSPS) is 19.3. The molecule has 0 saturated carbocycles. The highest BCUT2D eigenvalue weighted by Crippen LogP contribution is 2.30. The first-order valence-electron chi connectivity index (χ1n) is 9.56. The van der Waals surface area contributed by atoms with Gasteiger partial charge in [-0.15, -0.1) is 0 Å². The third kappa shape index (κ3) is 4.51. The van der Waals surface area contributed by atoms with Crippen LogP contribution in [-0.4, -0.2) is 62.8 Å². The van der Waals surface area contributed by atoms with Crippen LogP contribution in [0.25, 0.3) is 0 Å². The molecule has 0 spiro atoms. The summed E-state index contributed by atoms with van der Waals surface area (Å²) in [5, 5.41) is 3.73. The molecule has 0 aromatic heterocycles. The van der Waals surface area contributed by atoms with Gasteiger partial charge in [-0.2, -0.15) is 0 Å². The molecule has 1 fully saturated rings. The lowest BCUT2D eigenvalue weighted by Gasteiger charge is -2.36. The van der Waals surface area contributed by atoms with Crippen molar-refractivity contribution in [2.45, 2.75) is 6.10 Å². The Morgan fingerprint density at radius 3 is 2.54 bits per heavy atom. The van der Waals surface area contributed by atoms with Crippen molar-refractivity contribution < 1.29 is 14.3 Å². The van der Waals surface area contributed by atoms with Crippen LogP contribution >= 0.6 is 11.6 Å². The molecule has 1 saturated heterocycles. The number of carbonyl (C=O) groups is 1. The SMILES string of the molecule is O=C(CN1CCN(c2ccccc2Cl)CC1)NC[C@H]1COc2ccccc2O1. The van der Waals surface area contributed by atoms with Crippen LogP contribution in [0, 0.1) is 0 Å². The summed E-state index contributed by atoms with van der Waals surface area (Å²) < 4.78 is 11.6. The zero-order valence-electron chi connectivity index (χ0n) is 15.6. The van der Waals surface area contributed by atoms with Crippen LogP contribution in [-0.2, 0) is 4.79 Å². The van der Waals surface area contributed by atoms with Gasteiger partial charge in [-0.1, -0.05) is 35.9 Å². The van der Waals surface area contributed by atoms with Gasteiger partial charge in [0.25, 0.3) is 0 Å². The van der Waals surface area contributed by atoms with E-state index in [0.29, 0.717) is 19.7 Å². The van der Waals surface area contributed by atoms with Gasteiger partial charge in [-0.05, 0) is 24.3 Å². The summed E-state index contributed by atoms with van der Waals surface area (Å²) in [5.41, 5.74) is 1.06. The van der Waals surface area contributed by atoms with E-state index in [-0.39, 0.29) is 12.0 Å². The summed E-state index contributed by atoms with van der Waals surface area (Å²) in [6.07, 6.45) is -0.170. The van der Waals surface area contributed by atoms with Gasteiger partial charge in [0.15, 0.2) is 11.5 Å². The number of nitrogens with one attached hydrogen (secondary N) is 1. The minimum Gasteiger partial charge on any atom is -0.486 e. The van der Waals surface area contributed by atoms with Crippen molar-refractivity contribution in [3.8, 4) is 11.5 Å². The molecule has 6 nitrogen and oxygen atoms in total. The average molecular weight is 402 g/mol. The maximum absolute atomic E-state index is 12.3. The van der Waals surface area contributed by atoms with Gasteiger partial charge in [-0.25, -0.2) is 0 Å². The fourth-order valence-corrected chi connectivity index (χ4v) is 3.76. The molecule has 2 heterocycles. The molecule has 0 aliphatic carbocycles. The number of ether oxygens (including phenoxy) is 2. The number of fused-ring (bicyclic) bond motifs is 1. The number of para-hydroxylation sites is 3. The first-order chi connectivity index (χ1) is 13.7. The Morgan fingerprint density at radius 1 is 1.04 bits per heavy atom. The van der Waals surface area contributed by atoms with E-state index < -0.39 is 0 Å². The number of hydrogen-bond donors (Lipinski definition) is 1. The fraction of sp³-hybridized carbons (Fsp3) is 0.381. The van der Waals surface area contributed by atoms with E-state index >= 15 is 0 Å². The third-order valence-corrected chi connectivity index (χ3v) is 5.35. The van der Waals surface area contributed by atoms with E-state index in [1.165, 1.54) is 0 Å². The van der Waals surface area contributed by atoms with E-state index in [4.69, 9.17) is 21.1 Å². The minimum atomic E-state index is -0.170. The van der Waals surface area contributed by atoms with Crippen molar-refractivity contribution in [2.75, 3.05) is 50.8 Å². The highest BCUT2D eigenvalue weighted by atomic mass is 35.5. The summed E-state index contributed by atoms with van der Waals surface area (Å²) in [6, 6.07) is 15.5. The van der Waals surface area contributed by atoms with Crippen molar-refractivity contribution in [2.24, 2.45) is 0 Å². The smallest absolute Gasteiger partial charge is 0.234 e. The van der Waals surface area contributed by atoms with Gasteiger partial charge in [-0.3, -0.25) is 9.69 Å². The van der Waals surface area contributed by atoms with Crippen molar-refractivity contribution in [1.82, 2.24) is 10.2 Å². The summed E-state index contributed by atoms with van der Waals surface area (Å²) in [4.78, 5) is 16.7. The molecule has 148 valence electrons. The molecule has 2 aromatic carbocycles. The second kappa shape index (κ2) is 8.71. The number of rotatable bonds is 5. The molecule has 28 heavy (non-hydrogen) atoms. The van der Waals surface area contributed by atoms with Gasteiger partial charge in [0, 0.05) is 26.2 Å². The van der Waals surface area contributed by atoms with E-state index in [9.17, 15) is 4.79 Å². The highest BCUT2D eigenvalue weighted by Gasteiger charge is 2.23. The number of carbonyl (C=O) groups excluding carboxylic acids is 1. The van der Waals surface area contributed by atoms with Gasteiger partial charge in [0.1, 0.15) is 12.7 Å². The van der Waals surface area contributed by atoms with E-state index in [1.807, 2.05) is 48.5 Å². The zero-order valence-corrected chi connectivity index (χ0v) is 16.4. The largest absolute Gasteiger partial charge is 0.486 e. The van der Waals surface area contributed by atoms with Crippen molar-refractivity contribution in [3.63, 3.8) is 0 Å². The molecule has 7 heteroatoms. The second-order valence-electron chi connectivity index (χ2n) is 7.02. The van der Waals surface area contributed by atoms with Crippen molar-refractivity contribution >= 4 is 23.2 Å². The Bertz CT molecular complexity index is 824. The van der Waals surface area contributed by atoms with Crippen LogP contribution in [0.2, 0.25) is 5.02 Å². The maximum Gasteiger partial charge on any atom is 0.234 e. The van der Waals surface area contributed by atoms with Gasteiger partial charge >= 0.3 is 0 Å². The molecular weight excluding hydrogens is 378 g/mol. The standard InChI is InChI=1S/C21H24ClN3O3/c22-17-5-1-2-6-18(17)25-11-9-24(10-12-25)14-21(26)23-13-16-15-27-19-7-3-4-8-20(19)28-16/h1-8,16H,9-15H2,(H,23,26)/t16-/m0/s1. The number of benzene rings is 2. The minimum absolute atomic E-state index is 0.00801. The van der Waals surface area contributed by atoms with Crippen LogP contribution in [0.3, 0.4) is 0 Å². The summed E-state index contributed by atoms with van der Waals surface area (Å²) in [7, 11) is 0. The Balaban J connectivity index is 1.20. The average Bonchev–Trinajstić information content (AvgIpc) is 2.73. The van der Waals surface area contributed by atoms with Crippen LogP contribution in [0.4, 0.5) is 5.69 Å². The molecule has 1 amide bonds. The Morgan fingerprint density at radius 2 is 1.75 bits per heavy atom. The van der Waals surface area contributed by atoms with E-state index in [1.54, 1.807) is 0 Å². The zero-order chi connectivity index (χ0) is 19.3.